The first-order valence-electron chi connectivity index (χ1n) is 7.12. The summed E-state index contributed by atoms with van der Waals surface area (Å²) < 4.78 is 9.16. The molecule has 1 aliphatic heterocycles. The van der Waals surface area contributed by atoms with Crippen LogP contribution in [0.1, 0.15) is 10.4 Å². The molecule has 124 valence electrons. The van der Waals surface area contributed by atoms with Gasteiger partial charge in [0, 0.05) is 37.4 Å². The highest BCUT2D eigenvalue weighted by atomic mass is 16.5. The molecule has 0 bridgehead atoms. The molecular formula is C15H19N3O5. The van der Waals surface area contributed by atoms with E-state index in [9.17, 15) is 14.4 Å². The molecule has 0 saturated carbocycles. The van der Waals surface area contributed by atoms with Gasteiger partial charge in [0.25, 0.3) is 5.91 Å². The molecule has 1 aromatic rings. The molecule has 0 radical (unpaired) electrons. The molecule has 0 spiro atoms. The summed E-state index contributed by atoms with van der Waals surface area (Å²) in [5.74, 6) is -0.112. The number of benzene rings is 1. The van der Waals surface area contributed by atoms with Crippen LogP contribution in [0.5, 0.6) is 0 Å². The first-order valence-corrected chi connectivity index (χ1v) is 7.12. The van der Waals surface area contributed by atoms with Gasteiger partial charge in [0.15, 0.2) is 0 Å². The van der Waals surface area contributed by atoms with E-state index >= 15 is 0 Å². The molecule has 0 aliphatic carbocycles. The van der Waals surface area contributed by atoms with Crippen LogP contribution in [0.4, 0.5) is 15.3 Å². The van der Waals surface area contributed by atoms with Crippen LogP contribution in [-0.2, 0) is 9.47 Å². The standard InChI is InChI=1S/C15H19N3O5/c1-22-14(20)16-12-5-3-11(4-6-12)13(19)17-7-9-18(10-8-17)15(21)23-2/h3-6H,7-10H2,1-2H3,(H,16,20). The lowest BCUT2D eigenvalue weighted by molar-refractivity contribution is 0.0599. The lowest BCUT2D eigenvalue weighted by atomic mass is 10.1. The SMILES string of the molecule is COC(=O)Nc1ccc(C(=O)N2CCN(C(=O)OC)CC2)cc1. The predicted octanol–water partition coefficient (Wildman–Crippen LogP) is 1.39. The van der Waals surface area contributed by atoms with E-state index in [1.807, 2.05) is 0 Å². The maximum Gasteiger partial charge on any atom is 0.411 e. The Balaban J connectivity index is 1.93. The number of rotatable bonds is 2. The molecule has 1 aromatic carbocycles. The average molecular weight is 321 g/mol. The molecule has 1 fully saturated rings. The van der Waals surface area contributed by atoms with E-state index in [4.69, 9.17) is 0 Å². The molecule has 1 saturated heterocycles. The molecule has 0 aromatic heterocycles. The van der Waals surface area contributed by atoms with Crippen molar-refractivity contribution in [1.29, 1.82) is 0 Å². The van der Waals surface area contributed by atoms with Crippen molar-refractivity contribution in [1.82, 2.24) is 9.80 Å². The number of amides is 3. The van der Waals surface area contributed by atoms with Crippen LogP contribution in [0.3, 0.4) is 0 Å². The van der Waals surface area contributed by atoms with Crippen LogP contribution >= 0.6 is 0 Å². The van der Waals surface area contributed by atoms with Crippen LogP contribution < -0.4 is 5.32 Å². The van der Waals surface area contributed by atoms with Crippen molar-refractivity contribution in [3.8, 4) is 0 Å². The number of anilines is 1. The predicted molar refractivity (Wildman–Crippen MR) is 82.4 cm³/mol. The highest BCUT2D eigenvalue weighted by Crippen LogP contribution is 2.13. The first-order chi connectivity index (χ1) is 11.0. The maximum atomic E-state index is 12.4. The van der Waals surface area contributed by atoms with Gasteiger partial charge in [0.2, 0.25) is 0 Å². The highest BCUT2D eigenvalue weighted by Gasteiger charge is 2.25. The summed E-state index contributed by atoms with van der Waals surface area (Å²) >= 11 is 0. The van der Waals surface area contributed by atoms with Crippen molar-refractivity contribution in [2.75, 3.05) is 45.7 Å². The van der Waals surface area contributed by atoms with Gasteiger partial charge in [-0.2, -0.15) is 0 Å². The zero-order chi connectivity index (χ0) is 16.8. The molecule has 2 rings (SSSR count). The zero-order valence-corrected chi connectivity index (χ0v) is 13.1. The minimum Gasteiger partial charge on any atom is -0.453 e. The molecular weight excluding hydrogens is 302 g/mol. The topological polar surface area (TPSA) is 88.2 Å². The number of hydrogen-bond donors (Lipinski definition) is 1. The molecule has 23 heavy (non-hydrogen) atoms. The summed E-state index contributed by atoms with van der Waals surface area (Å²) in [6.45, 7) is 1.80. The largest absolute Gasteiger partial charge is 0.453 e. The Hall–Kier alpha value is -2.77. The monoisotopic (exact) mass is 321 g/mol. The molecule has 3 amide bonds. The second-order valence-corrected chi connectivity index (χ2v) is 4.94. The highest BCUT2D eigenvalue weighted by molar-refractivity contribution is 5.95. The summed E-state index contributed by atoms with van der Waals surface area (Å²) in [4.78, 5) is 38.2. The first kappa shape index (κ1) is 16.6. The Kier molecular flexibility index (Phi) is 5.40. The van der Waals surface area contributed by atoms with E-state index in [0.29, 0.717) is 37.4 Å². The van der Waals surface area contributed by atoms with E-state index < -0.39 is 6.09 Å². The van der Waals surface area contributed by atoms with E-state index in [0.717, 1.165) is 0 Å². The fourth-order valence-corrected chi connectivity index (χ4v) is 2.27. The number of hydrogen-bond acceptors (Lipinski definition) is 5. The van der Waals surface area contributed by atoms with Gasteiger partial charge in [-0.05, 0) is 24.3 Å². The van der Waals surface area contributed by atoms with Gasteiger partial charge in [-0.25, -0.2) is 9.59 Å². The minimum absolute atomic E-state index is 0.112. The number of carbonyl (C=O) groups excluding carboxylic acids is 3. The zero-order valence-electron chi connectivity index (χ0n) is 13.1. The van der Waals surface area contributed by atoms with Gasteiger partial charge in [-0.1, -0.05) is 0 Å². The third kappa shape index (κ3) is 4.12. The van der Waals surface area contributed by atoms with Crippen LogP contribution in [0, 0.1) is 0 Å². The average Bonchev–Trinajstić information content (AvgIpc) is 2.61. The quantitative estimate of drug-likeness (QED) is 0.889. The van der Waals surface area contributed by atoms with Crippen molar-refractivity contribution in [2.24, 2.45) is 0 Å². The fraction of sp³-hybridized carbons (Fsp3) is 0.400. The molecule has 8 nitrogen and oxygen atoms in total. The normalized spacial score (nSPS) is 14.2. The summed E-state index contributed by atoms with van der Waals surface area (Å²) in [5.41, 5.74) is 1.07. The van der Waals surface area contributed by atoms with Gasteiger partial charge in [-0.15, -0.1) is 0 Å². The molecule has 0 atom stereocenters. The smallest absolute Gasteiger partial charge is 0.411 e. The summed E-state index contributed by atoms with van der Waals surface area (Å²) in [5, 5.41) is 2.52. The Labute approximate surface area is 133 Å². The lowest BCUT2D eigenvalue weighted by Crippen LogP contribution is -2.50. The number of nitrogens with one attached hydrogen (secondary N) is 1. The summed E-state index contributed by atoms with van der Waals surface area (Å²) in [6, 6.07) is 6.55. The summed E-state index contributed by atoms with van der Waals surface area (Å²) in [7, 11) is 2.62. The number of methoxy groups -OCH3 is 2. The van der Waals surface area contributed by atoms with E-state index in [-0.39, 0.29) is 12.0 Å². The minimum atomic E-state index is -0.567. The number of carbonyl (C=O) groups is 3. The molecule has 0 unspecified atom stereocenters. The van der Waals surface area contributed by atoms with Crippen molar-refractivity contribution >= 4 is 23.8 Å². The van der Waals surface area contributed by atoms with E-state index in [1.54, 1.807) is 34.1 Å². The number of nitrogens with zero attached hydrogens (tertiary/aromatic N) is 2. The fourth-order valence-electron chi connectivity index (χ4n) is 2.27. The van der Waals surface area contributed by atoms with Gasteiger partial charge in [0.05, 0.1) is 14.2 Å². The van der Waals surface area contributed by atoms with Gasteiger partial charge < -0.3 is 19.3 Å². The molecule has 1 heterocycles. The second-order valence-electron chi connectivity index (χ2n) is 4.94. The Morgan fingerprint density at radius 2 is 1.48 bits per heavy atom. The van der Waals surface area contributed by atoms with Crippen LogP contribution in [-0.4, -0.2) is 68.3 Å². The Morgan fingerprint density at radius 3 is 2.00 bits per heavy atom. The number of ether oxygens (including phenoxy) is 2. The lowest BCUT2D eigenvalue weighted by Gasteiger charge is -2.33. The second kappa shape index (κ2) is 7.48. The third-order valence-corrected chi connectivity index (χ3v) is 3.56. The van der Waals surface area contributed by atoms with Crippen molar-refractivity contribution in [2.45, 2.75) is 0 Å². The third-order valence-electron chi connectivity index (χ3n) is 3.56. The van der Waals surface area contributed by atoms with Crippen LogP contribution in [0.15, 0.2) is 24.3 Å². The Bertz CT molecular complexity index is 579. The summed E-state index contributed by atoms with van der Waals surface area (Å²) in [6.07, 6.45) is -0.946. The van der Waals surface area contributed by atoms with Crippen LogP contribution in [0.25, 0.3) is 0 Å². The maximum absolute atomic E-state index is 12.4. The van der Waals surface area contributed by atoms with E-state index in [2.05, 4.69) is 14.8 Å². The number of piperazine rings is 1. The van der Waals surface area contributed by atoms with Gasteiger partial charge in [-0.3, -0.25) is 10.1 Å². The van der Waals surface area contributed by atoms with Gasteiger partial charge in [0.1, 0.15) is 0 Å². The molecule has 1 aliphatic rings. The molecule has 8 heteroatoms. The van der Waals surface area contributed by atoms with Crippen molar-refractivity contribution in [3.05, 3.63) is 29.8 Å². The Morgan fingerprint density at radius 1 is 0.913 bits per heavy atom. The van der Waals surface area contributed by atoms with Gasteiger partial charge >= 0.3 is 12.2 Å². The molecule has 1 N–H and O–H groups in total. The van der Waals surface area contributed by atoms with Crippen LogP contribution in [0.2, 0.25) is 0 Å². The van der Waals surface area contributed by atoms with Crippen molar-refractivity contribution < 1.29 is 23.9 Å². The van der Waals surface area contributed by atoms with E-state index in [1.165, 1.54) is 14.2 Å². The van der Waals surface area contributed by atoms with Crippen molar-refractivity contribution in [3.63, 3.8) is 0 Å².